The van der Waals surface area contributed by atoms with Gasteiger partial charge in [-0.2, -0.15) is 0 Å². The highest BCUT2D eigenvalue weighted by atomic mass is 35.5. The molecule has 1 fully saturated rings. The Bertz CT molecular complexity index is 1270. The number of aliphatic hydroxyl groups is 1. The number of para-hydroxylation sites is 1. The second-order valence-electron chi connectivity index (χ2n) is 7.60. The lowest BCUT2D eigenvalue weighted by molar-refractivity contribution is -0.132. The van der Waals surface area contributed by atoms with E-state index < -0.39 is 17.7 Å². The molecule has 0 aromatic heterocycles. The van der Waals surface area contributed by atoms with Crippen molar-refractivity contribution in [2.45, 2.75) is 13.0 Å². The van der Waals surface area contributed by atoms with Crippen LogP contribution in [-0.2, 0) is 9.59 Å². The molecule has 1 heterocycles. The number of anilines is 1. The van der Waals surface area contributed by atoms with Crippen LogP contribution in [0, 0.1) is 6.92 Å². The summed E-state index contributed by atoms with van der Waals surface area (Å²) < 4.78 is 10.7. The van der Waals surface area contributed by atoms with E-state index in [1.165, 1.54) is 25.2 Å². The van der Waals surface area contributed by atoms with Crippen molar-refractivity contribution in [1.29, 1.82) is 0 Å². The van der Waals surface area contributed by atoms with E-state index in [0.29, 0.717) is 28.3 Å². The monoisotopic (exact) mass is 463 g/mol. The van der Waals surface area contributed by atoms with Crippen molar-refractivity contribution in [1.82, 2.24) is 0 Å². The molecule has 1 unspecified atom stereocenters. The van der Waals surface area contributed by atoms with Gasteiger partial charge in [-0.1, -0.05) is 47.5 Å². The molecule has 4 rings (SSSR count). The molecule has 33 heavy (non-hydrogen) atoms. The van der Waals surface area contributed by atoms with Crippen LogP contribution in [0.1, 0.15) is 22.7 Å². The standard InChI is InChI=1S/C26H22ClNO5/c1-15-8-11-17(12-9-15)28-23(18-6-4-5-7-20(18)32-2)22(25(30)26(28)31)24(29)16-10-13-21(33-3)19(27)14-16/h4-14,23,29H,1-3H3/b24-22+. The van der Waals surface area contributed by atoms with Crippen LogP contribution < -0.4 is 14.4 Å². The molecular weight excluding hydrogens is 442 g/mol. The summed E-state index contributed by atoms with van der Waals surface area (Å²) in [5.41, 5.74) is 2.36. The SMILES string of the molecule is COc1ccc(/C(O)=C2\C(=O)C(=O)N(c3ccc(C)cc3)C2c2ccccc2OC)cc1Cl. The number of amides is 1. The van der Waals surface area contributed by atoms with Crippen LogP contribution in [0.25, 0.3) is 5.76 Å². The first-order chi connectivity index (χ1) is 15.9. The zero-order valence-electron chi connectivity index (χ0n) is 18.3. The summed E-state index contributed by atoms with van der Waals surface area (Å²) in [7, 11) is 3.00. The van der Waals surface area contributed by atoms with Gasteiger partial charge in [0.25, 0.3) is 11.7 Å². The van der Waals surface area contributed by atoms with Gasteiger partial charge >= 0.3 is 0 Å². The fraction of sp³-hybridized carbons (Fsp3) is 0.154. The Morgan fingerprint density at radius 1 is 0.939 bits per heavy atom. The molecule has 0 saturated carbocycles. The summed E-state index contributed by atoms with van der Waals surface area (Å²) in [6, 6.07) is 18.1. The van der Waals surface area contributed by atoms with E-state index in [9.17, 15) is 14.7 Å². The number of ether oxygens (including phenoxy) is 2. The normalized spacial score (nSPS) is 17.3. The first-order valence-corrected chi connectivity index (χ1v) is 10.6. The molecule has 1 saturated heterocycles. The number of Topliss-reactive ketones (excluding diaryl/α,β-unsaturated/α-hetero) is 1. The Balaban J connectivity index is 1.97. The third-order valence-corrected chi connectivity index (χ3v) is 5.91. The van der Waals surface area contributed by atoms with E-state index in [1.54, 1.807) is 48.5 Å². The maximum absolute atomic E-state index is 13.3. The number of rotatable bonds is 5. The molecule has 0 radical (unpaired) electrons. The van der Waals surface area contributed by atoms with Gasteiger partial charge in [0, 0.05) is 16.8 Å². The molecule has 1 amide bonds. The molecule has 168 valence electrons. The minimum absolute atomic E-state index is 0.0497. The van der Waals surface area contributed by atoms with Gasteiger partial charge in [-0.25, -0.2) is 0 Å². The molecule has 0 aliphatic carbocycles. The zero-order chi connectivity index (χ0) is 23.7. The number of halogens is 1. The van der Waals surface area contributed by atoms with Crippen LogP contribution in [0.3, 0.4) is 0 Å². The summed E-state index contributed by atoms with van der Waals surface area (Å²) >= 11 is 6.24. The lowest BCUT2D eigenvalue weighted by atomic mass is 9.94. The van der Waals surface area contributed by atoms with Crippen molar-refractivity contribution in [3.05, 3.63) is 94.0 Å². The van der Waals surface area contributed by atoms with E-state index in [1.807, 2.05) is 19.1 Å². The van der Waals surface area contributed by atoms with Crippen LogP contribution in [0.5, 0.6) is 11.5 Å². The van der Waals surface area contributed by atoms with E-state index in [2.05, 4.69) is 0 Å². The second-order valence-corrected chi connectivity index (χ2v) is 8.00. The highest BCUT2D eigenvalue weighted by Gasteiger charge is 2.47. The number of methoxy groups -OCH3 is 2. The van der Waals surface area contributed by atoms with E-state index in [-0.39, 0.29) is 16.4 Å². The van der Waals surface area contributed by atoms with Crippen LogP contribution in [0.15, 0.2) is 72.3 Å². The molecule has 7 heteroatoms. The number of benzene rings is 3. The van der Waals surface area contributed by atoms with Crippen molar-refractivity contribution in [3.8, 4) is 11.5 Å². The van der Waals surface area contributed by atoms with Gasteiger partial charge in [0.2, 0.25) is 0 Å². The highest BCUT2D eigenvalue weighted by Crippen LogP contribution is 2.45. The van der Waals surface area contributed by atoms with Gasteiger partial charge in [-0.3, -0.25) is 14.5 Å². The Hall–Kier alpha value is -3.77. The molecule has 6 nitrogen and oxygen atoms in total. The molecule has 3 aromatic carbocycles. The number of carbonyl (C=O) groups is 2. The summed E-state index contributed by atoms with van der Waals surface area (Å²) in [5.74, 6) is -0.954. The predicted molar refractivity (Wildman–Crippen MR) is 127 cm³/mol. The van der Waals surface area contributed by atoms with Gasteiger partial charge in [0.15, 0.2) is 0 Å². The third-order valence-electron chi connectivity index (χ3n) is 5.62. The van der Waals surface area contributed by atoms with Crippen LogP contribution in [-0.4, -0.2) is 31.0 Å². The first kappa shape index (κ1) is 22.4. The number of aryl methyl sites for hydroxylation is 1. The molecule has 0 bridgehead atoms. The number of carbonyl (C=O) groups excluding carboxylic acids is 2. The van der Waals surface area contributed by atoms with Crippen molar-refractivity contribution < 1.29 is 24.2 Å². The van der Waals surface area contributed by atoms with Crippen LogP contribution in [0.4, 0.5) is 5.69 Å². The predicted octanol–water partition coefficient (Wildman–Crippen LogP) is 5.29. The minimum Gasteiger partial charge on any atom is -0.507 e. The average Bonchev–Trinajstić information content (AvgIpc) is 3.09. The fourth-order valence-corrected chi connectivity index (χ4v) is 4.22. The molecule has 3 aromatic rings. The Morgan fingerprint density at radius 2 is 1.61 bits per heavy atom. The summed E-state index contributed by atoms with van der Waals surface area (Å²) in [5, 5.41) is 11.5. The van der Waals surface area contributed by atoms with Crippen molar-refractivity contribution in [2.75, 3.05) is 19.1 Å². The van der Waals surface area contributed by atoms with Gasteiger partial charge < -0.3 is 14.6 Å². The van der Waals surface area contributed by atoms with E-state index >= 15 is 0 Å². The number of aliphatic hydroxyl groups excluding tert-OH is 1. The lowest BCUT2D eigenvalue weighted by Crippen LogP contribution is -2.29. The number of nitrogens with zero attached hydrogens (tertiary/aromatic N) is 1. The molecule has 1 atom stereocenters. The van der Waals surface area contributed by atoms with Gasteiger partial charge in [-0.15, -0.1) is 0 Å². The summed E-state index contributed by atoms with van der Waals surface area (Å²) in [4.78, 5) is 27.9. The number of hydrogen-bond donors (Lipinski definition) is 1. The smallest absolute Gasteiger partial charge is 0.300 e. The Labute approximate surface area is 196 Å². The van der Waals surface area contributed by atoms with Crippen LogP contribution >= 0.6 is 11.6 Å². The molecular formula is C26H22ClNO5. The highest BCUT2D eigenvalue weighted by molar-refractivity contribution is 6.51. The fourth-order valence-electron chi connectivity index (χ4n) is 3.96. The zero-order valence-corrected chi connectivity index (χ0v) is 19.1. The van der Waals surface area contributed by atoms with Gasteiger partial charge in [0.1, 0.15) is 17.3 Å². The molecule has 0 spiro atoms. The van der Waals surface area contributed by atoms with Crippen molar-refractivity contribution in [3.63, 3.8) is 0 Å². The Morgan fingerprint density at radius 3 is 2.24 bits per heavy atom. The van der Waals surface area contributed by atoms with E-state index in [0.717, 1.165) is 5.56 Å². The topological polar surface area (TPSA) is 76.1 Å². The lowest BCUT2D eigenvalue weighted by Gasteiger charge is -2.26. The number of hydrogen-bond acceptors (Lipinski definition) is 5. The molecule has 1 aliphatic rings. The largest absolute Gasteiger partial charge is 0.507 e. The van der Waals surface area contributed by atoms with E-state index in [4.69, 9.17) is 21.1 Å². The third kappa shape index (κ3) is 3.94. The van der Waals surface area contributed by atoms with Crippen LogP contribution in [0.2, 0.25) is 5.02 Å². The van der Waals surface area contributed by atoms with Gasteiger partial charge in [-0.05, 0) is 43.3 Å². The first-order valence-electron chi connectivity index (χ1n) is 10.2. The second kappa shape index (κ2) is 9.00. The van der Waals surface area contributed by atoms with Crippen molar-refractivity contribution >= 4 is 34.7 Å². The van der Waals surface area contributed by atoms with Gasteiger partial charge in [0.05, 0.1) is 30.9 Å². The van der Waals surface area contributed by atoms with Crippen molar-refractivity contribution in [2.24, 2.45) is 0 Å². The molecule has 1 aliphatic heterocycles. The molecule has 1 N–H and O–H groups in total. The average molecular weight is 464 g/mol. The quantitative estimate of drug-likeness (QED) is 0.316. The maximum atomic E-state index is 13.3. The maximum Gasteiger partial charge on any atom is 0.300 e. The Kier molecular flexibility index (Phi) is 6.11. The number of ketones is 1. The minimum atomic E-state index is -0.898. The summed E-state index contributed by atoms with van der Waals surface area (Å²) in [6.45, 7) is 1.93. The summed E-state index contributed by atoms with van der Waals surface area (Å²) in [6.07, 6.45) is 0.